The third-order valence-corrected chi connectivity index (χ3v) is 4.95. The van der Waals surface area contributed by atoms with Gasteiger partial charge in [-0.3, -0.25) is 5.01 Å². The van der Waals surface area contributed by atoms with Crippen molar-refractivity contribution in [3.05, 3.63) is 52.0 Å². The number of allylic oxidation sites excluding steroid dienone is 1. The fourth-order valence-electron chi connectivity index (χ4n) is 2.96. The van der Waals surface area contributed by atoms with Gasteiger partial charge < -0.3 is 4.42 Å². The average molecular weight is 460 g/mol. The van der Waals surface area contributed by atoms with Crippen LogP contribution in [0.5, 0.6) is 0 Å². The molecule has 0 saturated carbocycles. The molecule has 2 N–H and O–H groups in total. The minimum atomic E-state index is -4.66. The van der Waals surface area contributed by atoms with Gasteiger partial charge in [0, 0.05) is 17.0 Å². The summed E-state index contributed by atoms with van der Waals surface area (Å²) >= 11 is 12.4. The number of alkyl halides is 3. The Balaban J connectivity index is 2.17. The molecule has 2 heterocycles. The molecule has 11 heteroatoms. The van der Waals surface area contributed by atoms with Gasteiger partial charge in [-0.1, -0.05) is 36.7 Å². The number of fused-ring (bicyclic) bond motifs is 1. The summed E-state index contributed by atoms with van der Waals surface area (Å²) in [7, 11) is 0. The number of oxazole rings is 1. The van der Waals surface area contributed by atoms with E-state index in [1.165, 1.54) is 11.4 Å². The molecule has 0 bridgehead atoms. The van der Waals surface area contributed by atoms with Crippen molar-refractivity contribution in [3.8, 4) is 11.3 Å². The van der Waals surface area contributed by atoms with Crippen molar-refractivity contribution < 1.29 is 17.6 Å². The summed E-state index contributed by atoms with van der Waals surface area (Å²) in [6, 6.07) is 5.03. The van der Waals surface area contributed by atoms with Gasteiger partial charge >= 0.3 is 6.18 Å². The molecular formula is C19H18Cl2F3N5O. The number of aryl methyl sites for hydroxylation is 2. The first-order chi connectivity index (χ1) is 14.0. The van der Waals surface area contributed by atoms with E-state index in [-0.39, 0.29) is 17.2 Å². The molecule has 1 aromatic carbocycles. The van der Waals surface area contributed by atoms with Crippen molar-refractivity contribution >= 4 is 40.4 Å². The van der Waals surface area contributed by atoms with E-state index in [9.17, 15) is 13.2 Å². The summed E-state index contributed by atoms with van der Waals surface area (Å²) in [5.41, 5.74) is 0.935. The standard InChI is InChI=1S/C19H18Cl2F3N5O/c1-5-15-17(13-7-6-12(20)8-14(13)21)29-18(30-15)16(9(2)27-29)28(25)11(4)26-10(3)19(22,23)24/h6-8H,3,5,25H2,1-2,4H3. The fraction of sp³-hybridized carbons (Fsp3) is 0.263. The van der Waals surface area contributed by atoms with Crippen molar-refractivity contribution in [2.24, 2.45) is 10.8 Å². The molecule has 2 aromatic heterocycles. The maximum absolute atomic E-state index is 12.8. The van der Waals surface area contributed by atoms with Gasteiger partial charge in [0.2, 0.25) is 5.71 Å². The highest BCUT2D eigenvalue weighted by Gasteiger charge is 2.33. The zero-order valence-corrected chi connectivity index (χ0v) is 17.8. The van der Waals surface area contributed by atoms with Crippen LogP contribution >= 0.6 is 23.2 Å². The molecule has 0 unspecified atom stereocenters. The molecule has 30 heavy (non-hydrogen) atoms. The van der Waals surface area contributed by atoms with E-state index < -0.39 is 11.9 Å². The first-order valence-corrected chi connectivity index (χ1v) is 9.53. The number of aromatic nitrogens is 2. The number of nitrogens with two attached hydrogens (primary N) is 1. The number of aliphatic imine (C=N–C) groups is 1. The molecule has 0 aliphatic rings. The molecule has 6 nitrogen and oxygen atoms in total. The van der Waals surface area contributed by atoms with Crippen molar-refractivity contribution in [2.75, 3.05) is 5.01 Å². The van der Waals surface area contributed by atoms with E-state index in [0.29, 0.717) is 39.2 Å². The molecule has 3 rings (SSSR count). The van der Waals surface area contributed by atoms with Gasteiger partial charge in [0.05, 0.1) is 10.7 Å². The number of nitrogens with zero attached hydrogens (tertiary/aromatic N) is 4. The van der Waals surface area contributed by atoms with Crippen LogP contribution in [0, 0.1) is 6.92 Å². The third kappa shape index (κ3) is 3.92. The van der Waals surface area contributed by atoms with Crippen LogP contribution in [0.4, 0.5) is 18.9 Å². The van der Waals surface area contributed by atoms with Gasteiger partial charge in [-0.2, -0.15) is 22.8 Å². The van der Waals surface area contributed by atoms with Gasteiger partial charge in [-0.25, -0.2) is 10.8 Å². The predicted octanol–water partition coefficient (Wildman–Crippen LogP) is 5.95. The van der Waals surface area contributed by atoms with Crippen molar-refractivity contribution in [1.29, 1.82) is 0 Å². The lowest BCUT2D eigenvalue weighted by Crippen LogP contribution is -2.36. The molecule has 0 amide bonds. The first-order valence-electron chi connectivity index (χ1n) is 8.78. The number of hydrogen-bond donors (Lipinski definition) is 1. The van der Waals surface area contributed by atoms with Gasteiger partial charge in [-0.05, 0) is 32.0 Å². The number of anilines is 1. The Bertz CT molecular complexity index is 1160. The highest BCUT2D eigenvalue weighted by Crippen LogP contribution is 2.38. The van der Waals surface area contributed by atoms with Crippen LogP contribution in [0.3, 0.4) is 0 Å². The number of hydrogen-bond acceptors (Lipinski definition) is 4. The quantitative estimate of drug-likeness (QED) is 0.226. The molecule has 0 atom stereocenters. The summed E-state index contributed by atoms with van der Waals surface area (Å²) in [6.45, 7) is 7.81. The maximum Gasteiger partial charge on any atom is 0.432 e. The Morgan fingerprint density at radius 1 is 1.37 bits per heavy atom. The molecule has 0 radical (unpaired) electrons. The molecule has 3 aromatic rings. The van der Waals surface area contributed by atoms with Crippen molar-refractivity contribution in [3.63, 3.8) is 0 Å². The Labute approximate surface area is 180 Å². The smallest absolute Gasteiger partial charge is 0.432 e. The highest BCUT2D eigenvalue weighted by atomic mass is 35.5. The Hall–Kier alpha value is -2.49. The fourth-order valence-corrected chi connectivity index (χ4v) is 3.46. The molecule has 0 spiro atoms. The Morgan fingerprint density at radius 2 is 2.03 bits per heavy atom. The van der Waals surface area contributed by atoms with E-state index in [0.717, 1.165) is 5.01 Å². The Morgan fingerprint density at radius 3 is 2.60 bits per heavy atom. The van der Waals surface area contributed by atoms with Crippen LogP contribution in [0.25, 0.3) is 17.0 Å². The van der Waals surface area contributed by atoms with Crippen LogP contribution in [0.2, 0.25) is 10.0 Å². The summed E-state index contributed by atoms with van der Waals surface area (Å²) < 4.78 is 45.8. The minimum absolute atomic E-state index is 0.129. The van der Waals surface area contributed by atoms with E-state index >= 15 is 0 Å². The summed E-state index contributed by atoms with van der Waals surface area (Å²) in [6.07, 6.45) is -4.15. The van der Waals surface area contributed by atoms with Crippen molar-refractivity contribution in [1.82, 2.24) is 9.61 Å². The lowest BCUT2D eigenvalue weighted by atomic mass is 10.1. The average Bonchev–Trinajstić information content (AvgIpc) is 3.14. The zero-order valence-electron chi connectivity index (χ0n) is 16.3. The summed E-state index contributed by atoms with van der Waals surface area (Å²) in [4.78, 5) is 3.47. The normalized spacial score (nSPS) is 12.6. The number of halogens is 5. The predicted molar refractivity (Wildman–Crippen MR) is 112 cm³/mol. The number of amidine groups is 1. The molecule has 0 saturated heterocycles. The van der Waals surface area contributed by atoms with Crippen LogP contribution in [0.1, 0.15) is 25.3 Å². The molecule has 160 valence electrons. The van der Waals surface area contributed by atoms with Crippen LogP contribution in [-0.2, 0) is 6.42 Å². The SMILES string of the molecule is C=C(N=C(C)N(N)c1c(C)nn2c(-c3ccc(Cl)cc3Cl)c(CC)oc12)C(F)(F)F. The molecule has 0 aliphatic heterocycles. The largest absolute Gasteiger partial charge is 0.439 e. The second-order valence-electron chi connectivity index (χ2n) is 6.48. The van der Waals surface area contributed by atoms with Gasteiger partial charge in [-0.15, -0.1) is 0 Å². The van der Waals surface area contributed by atoms with E-state index in [2.05, 4.69) is 16.7 Å². The second-order valence-corrected chi connectivity index (χ2v) is 7.32. The Kier molecular flexibility index (Phi) is 5.90. The minimum Gasteiger partial charge on any atom is -0.439 e. The molecule has 0 fully saturated rings. The summed E-state index contributed by atoms with van der Waals surface area (Å²) in [5, 5.41) is 6.33. The number of benzene rings is 1. The number of hydrazine groups is 1. The highest BCUT2D eigenvalue weighted by molar-refractivity contribution is 6.36. The van der Waals surface area contributed by atoms with Crippen LogP contribution in [0.15, 0.2) is 39.9 Å². The van der Waals surface area contributed by atoms with E-state index in [1.54, 1.807) is 25.1 Å². The zero-order chi connectivity index (χ0) is 22.4. The maximum atomic E-state index is 12.8. The van der Waals surface area contributed by atoms with Gasteiger partial charge in [0.1, 0.15) is 28.7 Å². The topological polar surface area (TPSA) is 72.1 Å². The van der Waals surface area contributed by atoms with Crippen LogP contribution in [-0.4, -0.2) is 21.6 Å². The lowest BCUT2D eigenvalue weighted by Gasteiger charge is -2.17. The molecular weight excluding hydrogens is 442 g/mol. The monoisotopic (exact) mass is 459 g/mol. The van der Waals surface area contributed by atoms with E-state index in [1.807, 2.05) is 6.92 Å². The molecule has 0 aliphatic carbocycles. The van der Waals surface area contributed by atoms with Crippen molar-refractivity contribution in [2.45, 2.75) is 33.4 Å². The van der Waals surface area contributed by atoms with E-state index in [4.69, 9.17) is 33.5 Å². The first kappa shape index (κ1) is 22.2. The van der Waals surface area contributed by atoms with Gasteiger partial charge in [0.25, 0.3) is 0 Å². The third-order valence-electron chi connectivity index (χ3n) is 4.40. The number of rotatable bonds is 4. The summed E-state index contributed by atoms with van der Waals surface area (Å²) in [5.74, 6) is 6.51. The van der Waals surface area contributed by atoms with Gasteiger partial charge in [0.15, 0.2) is 0 Å². The lowest BCUT2D eigenvalue weighted by molar-refractivity contribution is -0.0919. The van der Waals surface area contributed by atoms with Crippen LogP contribution < -0.4 is 10.9 Å². The second kappa shape index (κ2) is 7.98.